The third kappa shape index (κ3) is 2.47. The van der Waals surface area contributed by atoms with Gasteiger partial charge in [0.15, 0.2) is 0 Å². The predicted octanol–water partition coefficient (Wildman–Crippen LogP) is 0.902. The molecule has 1 unspecified atom stereocenters. The quantitative estimate of drug-likeness (QED) is 0.704. The Morgan fingerprint density at radius 2 is 2.14 bits per heavy atom. The lowest BCUT2D eigenvalue weighted by Gasteiger charge is -2.27. The Hall–Kier alpha value is -0.570. The van der Waals surface area contributed by atoms with Crippen LogP contribution in [0.3, 0.4) is 0 Å². The van der Waals surface area contributed by atoms with E-state index in [2.05, 4.69) is 10.6 Å². The molecule has 1 saturated heterocycles. The maximum atomic E-state index is 11.7. The van der Waals surface area contributed by atoms with Crippen LogP contribution in [0.25, 0.3) is 0 Å². The molecule has 1 heterocycles. The number of carbonyl (C=O) groups is 1. The number of hydrogen-bond acceptors (Lipinski definition) is 2. The third-order valence-corrected chi connectivity index (χ3v) is 3.46. The second-order valence-corrected chi connectivity index (χ2v) is 4.59. The molecule has 2 N–H and O–H groups in total. The SMILES string of the molecule is O=C(NCC1CCC1)C1CCCNC1. The zero-order chi connectivity index (χ0) is 9.80. The molecule has 3 nitrogen and oxygen atoms in total. The summed E-state index contributed by atoms with van der Waals surface area (Å²) in [6.45, 7) is 2.86. The van der Waals surface area contributed by atoms with Crippen LogP contribution in [0.4, 0.5) is 0 Å². The molecule has 1 atom stereocenters. The zero-order valence-corrected chi connectivity index (χ0v) is 8.72. The Labute approximate surface area is 85.6 Å². The molecule has 1 saturated carbocycles. The minimum absolute atomic E-state index is 0.226. The van der Waals surface area contributed by atoms with Crippen molar-refractivity contribution in [1.29, 1.82) is 0 Å². The summed E-state index contributed by atoms with van der Waals surface area (Å²) in [4.78, 5) is 11.7. The van der Waals surface area contributed by atoms with E-state index in [1.54, 1.807) is 0 Å². The normalized spacial score (nSPS) is 28.1. The van der Waals surface area contributed by atoms with Gasteiger partial charge in [0, 0.05) is 13.1 Å². The smallest absolute Gasteiger partial charge is 0.224 e. The molecular weight excluding hydrogens is 176 g/mol. The van der Waals surface area contributed by atoms with E-state index in [1.807, 2.05) is 0 Å². The lowest BCUT2D eigenvalue weighted by atomic mass is 9.85. The van der Waals surface area contributed by atoms with Crippen LogP contribution in [0.5, 0.6) is 0 Å². The van der Waals surface area contributed by atoms with Crippen molar-refractivity contribution >= 4 is 5.91 Å². The molecule has 0 spiro atoms. The van der Waals surface area contributed by atoms with Crippen LogP contribution in [0.2, 0.25) is 0 Å². The van der Waals surface area contributed by atoms with Gasteiger partial charge in [0.1, 0.15) is 0 Å². The molecule has 1 aliphatic carbocycles. The Morgan fingerprint density at radius 1 is 1.29 bits per heavy atom. The summed E-state index contributed by atoms with van der Waals surface area (Å²) >= 11 is 0. The van der Waals surface area contributed by atoms with Gasteiger partial charge >= 0.3 is 0 Å². The standard InChI is InChI=1S/C11H20N2O/c14-11(10-5-2-6-12-8-10)13-7-9-3-1-4-9/h9-10,12H,1-8H2,(H,13,14). The van der Waals surface area contributed by atoms with Crippen molar-refractivity contribution in [3.05, 3.63) is 0 Å². The lowest BCUT2D eigenvalue weighted by Crippen LogP contribution is -2.42. The first kappa shape index (κ1) is 9.97. The summed E-state index contributed by atoms with van der Waals surface area (Å²) in [6.07, 6.45) is 6.17. The highest BCUT2D eigenvalue weighted by Crippen LogP contribution is 2.25. The predicted molar refractivity (Wildman–Crippen MR) is 55.9 cm³/mol. The maximum absolute atomic E-state index is 11.7. The van der Waals surface area contributed by atoms with Crippen molar-refractivity contribution in [2.75, 3.05) is 19.6 Å². The van der Waals surface area contributed by atoms with Crippen LogP contribution in [-0.2, 0) is 4.79 Å². The minimum atomic E-state index is 0.226. The minimum Gasteiger partial charge on any atom is -0.356 e. The van der Waals surface area contributed by atoms with Crippen LogP contribution in [-0.4, -0.2) is 25.5 Å². The lowest BCUT2D eigenvalue weighted by molar-refractivity contribution is -0.125. The first-order valence-corrected chi connectivity index (χ1v) is 5.84. The summed E-state index contributed by atoms with van der Waals surface area (Å²) in [6, 6.07) is 0. The van der Waals surface area contributed by atoms with E-state index in [-0.39, 0.29) is 11.8 Å². The van der Waals surface area contributed by atoms with Gasteiger partial charge in [-0.3, -0.25) is 4.79 Å². The first-order chi connectivity index (χ1) is 6.86. The fourth-order valence-electron chi connectivity index (χ4n) is 2.16. The molecule has 2 rings (SSSR count). The number of nitrogens with one attached hydrogen (secondary N) is 2. The molecule has 3 heteroatoms. The van der Waals surface area contributed by atoms with E-state index in [0.717, 1.165) is 38.4 Å². The van der Waals surface area contributed by atoms with E-state index < -0.39 is 0 Å². The summed E-state index contributed by atoms with van der Waals surface area (Å²) in [5.41, 5.74) is 0. The van der Waals surface area contributed by atoms with Crippen LogP contribution in [0, 0.1) is 11.8 Å². The van der Waals surface area contributed by atoms with Gasteiger partial charge < -0.3 is 10.6 Å². The van der Waals surface area contributed by atoms with Crippen LogP contribution >= 0.6 is 0 Å². The molecule has 1 aliphatic heterocycles. The molecule has 0 aromatic heterocycles. The van der Waals surface area contributed by atoms with Crippen LogP contribution in [0.1, 0.15) is 32.1 Å². The average Bonchev–Trinajstić information content (AvgIpc) is 2.16. The van der Waals surface area contributed by atoms with Crippen molar-refractivity contribution in [3.63, 3.8) is 0 Å². The van der Waals surface area contributed by atoms with Crippen molar-refractivity contribution in [2.24, 2.45) is 11.8 Å². The highest BCUT2D eigenvalue weighted by molar-refractivity contribution is 5.78. The van der Waals surface area contributed by atoms with Crippen molar-refractivity contribution in [2.45, 2.75) is 32.1 Å². The summed E-state index contributed by atoms with van der Waals surface area (Å²) in [5, 5.41) is 6.35. The first-order valence-electron chi connectivity index (χ1n) is 5.84. The molecule has 0 bridgehead atoms. The molecular formula is C11H20N2O. The zero-order valence-electron chi connectivity index (χ0n) is 8.72. The highest BCUT2D eigenvalue weighted by atomic mass is 16.1. The van der Waals surface area contributed by atoms with Gasteiger partial charge in [-0.1, -0.05) is 6.42 Å². The Morgan fingerprint density at radius 3 is 2.71 bits per heavy atom. The monoisotopic (exact) mass is 196 g/mol. The summed E-state index contributed by atoms with van der Waals surface area (Å²) < 4.78 is 0. The number of piperidine rings is 1. The molecule has 80 valence electrons. The largest absolute Gasteiger partial charge is 0.356 e. The Kier molecular flexibility index (Phi) is 3.40. The highest BCUT2D eigenvalue weighted by Gasteiger charge is 2.23. The van der Waals surface area contributed by atoms with E-state index in [9.17, 15) is 4.79 Å². The Bertz CT molecular complexity index is 195. The molecule has 14 heavy (non-hydrogen) atoms. The van der Waals surface area contributed by atoms with Gasteiger partial charge in [-0.05, 0) is 38.1 Å². The van der Waals surface area contributed by atoms with E-state index in [0.29, 0.717) is 0 Å². The van der Waals surface area contributed by atoms with Gasteiger partial charge in [0.05, 0.1) is 5.92 Å². The van der Waals surface area contributed by atoms with Gasteiger partial charge in [-0.2, -0.15) is 0 Å². The van der Waals surface area contributed by atoms with E-state index in [1.165, 1.54) is 19.3 Å². The molecule has 0 aromatic carbocycles. The van der Waals surface area contributed by atoms with Gasteiger partial charge in [-0.15, -0.1) is 0 Å². The molecule has 2 aliphatic rings. The van der Waals surface area contributed by atoms with Crippen LogP contribution < -0.4 is 10.6 Å². The number of rotatable bonds is 3. The van der Waals surface area contributed by atoms with E-state index in [4.69, 9.17) is 0 Å². The topological polar surface area (TPSA) is 41.1 Å². The van der Waals surface area contributed by atoms with E-state index >= 15 is 0 Å². The fraction of sp³-hybridized carbons (Fsp3) is 0.909. The maximum Gasteiger partial charge on any atom is 0.224 e. The molecule has 0 radical (unpaired) electrons. The second-order valence-electron chi connectivity index (χ2n) is 4.59. The number of hydrogen-bond donors (Lipinski definition) is 2. The van der Waals surface area contributed by atoms with Crippen molar-refractivity contribution < 1.29 is 4.79 Å². The van der Waals surface area contributed by atoms with Crippen LogP contribution in [0.15, 0.2) is 0 Å². The fourth-order valence-corrected chi connectivity index (χ4v) is 2.16. The number of carbonyl (C=O) groups excluding carboxylic acids is 1. The Balaban J connectivity index is 1.65. The van der Waals surface area contributed by atoms with Gasteiger partial charge in [0.25, 0.3) is 0 Å². The van der Waals surface area contributed by atoms with Gasteiger partial charge in [-0.25, -0.2) is 0 Å². The average molecular weight is 196 g/mol. The van der Waals surface area contributed by atoms with Gasteiger partial charge in [0.2, 0.25) is 5.91 Å². The van der Waals surface area contributed by atoms with Crippen molar-refractivity contribution in [3.8, 4) is 0 Å². The third-order valence-electron chi connectivity index (χ3n) is 3.46. The molecule has 0 aromatic rings. The molecule has 1 amide bonds. The summed E-state index contributed by atoms with van der Waals surface area (Å²) in [7, 11) is 0. The second kappa shape index (κ2) is 4.78. The number of amides is 1. The summed E-state index contributed by atoms with van der Waals surface area (Å²) in [5.74, 6) is 1.27. The molecule has 2 fully saturated rings. The van der Waals surface area contributed by atoms with Crippen molar-refractivity contribution in [1.82, 2.24) is 10.6 Å².